The number of aryl methyl sites for hydroxylation is 1. The lowest BCUT2D eigenvalue weighted by Gasteiger charge is -2.08. The number of carbonyl (C=O) groups excluding carboxylic acids is 1. The van der Waals surface area contributed by atoms with Crippen molar-refractivity contribution in [2.24, 2.45) is 5.73 Å². The van der Waals surface area contributed by atoms with Crippen molar-refractivity contribution in [2.45, 2.75) is 31.0 Å². The van der Waals surface area contributed by atoms with Gasteiger partial charge in [0, 0.05) is 22.8 Å². The molecule has 162 valence electrons. The number of hydrogen-bond acceptors (Lipinski definition) is 6. The van der Waals surface area contributed by atoms with Crippen molar-refractivity contribution in [3.63, 3.8) is 0 Å². The fraction of sp³-hybridized carbons (Fsp3) is 0.227. The Balaban J connectivity index is 0.00000272. The number of aromatic nitrogens is 3. The zero-order valence-corrected chi connectivity index (χ0v) is 18.5. The minimum absolute atomic E-state index is 0. The molecule has 0 unspecified atom stereocenters. The number of para-hydroxylation sites is 2. The van der Waals surface area contributed by atoms with Gasteiger partial charge in [-0.3, -0.25) is 4.79 Å². The Morgan fingerprint density at radius 1 is 1.16 bits per heavy atom. The molecule has 2 aromatic carbocycles. The molecular weight excluding hydrogens is 434 g/mol. The molecule has 7 nitrogen and oxygen atoms in total. The van der Waals surface area contributed by atoms with Crippen LogP contribution < -0.4 is 23.5 Å². The molecule has 0 aliphatic carbocycles. The van der Waals surface area contributed by atoms with Crippen molar-refractivity contribution in [1.29, 1.82) is 0 Å². The molecule has 9 heteroatoms. The van der Waals surface area contributed by atoms with E-state index in [0.29, 0.717) is 17.5 Å². The standard InChI is InChI=1S/C22H23N5O2S.ClH/c1-2-14-7-3-5-9-18(14)25-20(28)13-30-22-27-26-21(29-22)17(23)11-15-12-24-19-10-6-4-8-16(15)19;/h3-10,12,17,24H,2,11,13,23H2,1H3,(H,25,28);1H/p-1/t17-;/m0./s1. The Morgan fingerprint density at radius 3 is 2.77 bits per heavy atom. The van der Waals surface area contributed by atoms with E-state index in [4.69, 9.17) is 10.2 Å². The van der Waals surface area contributed by atoms with Gasteiger partial charge < -0.3 is 32.9 Å². The fourth-order valence-electron chi connectivity index (χ4n) is 3.32. The Kier molecular flexibility index (Phi) is 7.73. The summed E-state index contributed by atoms with van der Waals surface area (Å²) in [6, 6.07) is 15.4. The smallest absolute Gasteiger partial charge is 0.277 e. The van der Waals surface area contributed by atoms with Gasteiger partial charge in [-0.1, -0.05) is 55.1 Å². The van der Waals surface area contributed by atoms with Gasteiger partial charge in [0.15, 0.2) is 0 Å². The van der Waals surface area contributed by atoms with Crippen molar-refractivity contribution in [3.05, 3.63) is 71.7 Å². The third-order valence-electron chi connectivity index (χ3n) is 4.85. The first-order valence-corrected chi connectivity index (χ1v) is 10.8. The number of anilines is 1. The van der Waals surface area contributed by atoms with Gasteiger partial charge in [-0.05, 0) is 36.1 Å². The van der Waals surface area contributed by atoms with Crippen LogP contribution in [0.4, 0.5) is 5.69 Å². The molecule has 31 heavy (non-hydrogen) atoms. The summed E-state index contributed by atoms with van der Waals surface area (Å²) in [4.78, 5) is 15.5. The highest BCUT2D eigenvalue weighted by Crippen LogP contribution is 2.25. The normalized spacial score (nSPS) is 11.8. The van der Waals surface area contributed by atoms with Gasteiger partial charge in [0.05, 0.1) is 11.8 Å². The predicted octanol–water partition coefficient (Wildman–Crippen LogP) is 1.09. The molecule has 0 aliphatic rings. The van der Waals surface area contributed by atoms with Gasteiger partial charge in [0.25, 0.3) is 5.22 Å². The van der Waals surface area contributed by atoms with Gasteiger partial charge in [0.2, 0.25) is 11.8 Å². The molecule has 0 fully saturated rings. The van der Waals surface area contributed by atoms with Gasteiger partial charge in [-0.2, -0.15) is 0 Å². The highest BCUT2D eigenvalue weighted by Gasteiger charge is 2.18. The summed E-state index contributed by atoms with van der Waals surface area (Å²) in [5.74, 6) is 0.417. The number of aromatic amines is 1. The van der Waals surface area contributed by atoms with Crippen molar-refractivity contribution in [1.82, 2.24) is 15.2 Å². The summed E-state index contributed by atoms with van der Waals surface area (Å²) in [5.41, 5.74) is 10.4. The first-order chi connectivity index (χ1) is 14.6. The van der Waals surface area contributed by atoms with E-state index in [-0.39, 0.29) is 24.1 Å². The van der Waals surface area contributed by atoms with Crippen LogP contribution in [-0.2, 0) is 17.6 Å². The van der Waals surface area contributed by atoms with E-state index in [1.54, 1.807) is 0 Å². The largest absolute Gasteiger partial charge is 1.00 e. The number of H-pyrrole nitrogens is 1. The molecule has 0 spiro atoms. The Hall–Kier alpha value is -2.81. The highest BCUT2D eigenvalue weighted by molar-refractivity contribution is 7.99. The maximum atomic E-state index is 12.3. The predicted molar refractivity (Wildman–Crippen MR) is 118 cm³/mol. The van der Waals surface area contributed by atoms with E-state index in [9.17, 15) is 4.79 Å². The second-order valence-corrected chi connectivity index (χ2v) is 7.85. The second-order valence-electron chi connectivity index (χ2n) is 6.92. The van der Waals surface area contributed by atoms with Crippen molar-refractivity contribution in [2.75, 3.05) is 11.1 Å². The summed E-state index contributed by atoms with van der Waals surface area (Å²) < 4.78 is 5.68. The molecular formula is C22H23ClN5O2S-. The number of thioether (sulfide) groups is 1. The van der Waals surface area contributed by atoms with E-state index in [1.165, 1.54) is 11.8 Å². The molecule has 0 radical (unpaired) electrons. The van der Waals surface area contributed by atoms with Crippen molar-refractivity contribution in [3.8, 4) is 0 Å². The fourth-order valence-corrected chi connectivity index (χ4v) is 3.89. The lowest BCUT2D eigenvalue weighted by atomic mass is 10.1. The number of rotatable bonds is 8. The molecule has 4 N–H and O–H groups in total. The van der Waals surface area contributed by atoms with Crippen LogP contribution in [0.2, 0.25) is 0 Å². The summed E-state index contributed by atoms with van der Waals surface area (Å²) in [7, 11) is 0. The topological polar surface area (TPSA) is 110 Å². The lowest BCUT2D eigenvalue weighted by molar-refractivity contribution is -0.113. The molecule has 1 amide bonds. The summed E-state index contributed by atoms with van der Waals surface area (Å²) >= 11 is 1.20. The Bertz CT molecular complexity index is 1160. The molecule has 2 aromatic heterocycles. The van der Waals surface area contributed by atoms with E-state index in [2.05, 4.69) is 33.5 Å². The molecule has 0 aliphatic heterocycles. The lowest BCUT2D eigenvalue weighted by Crippen LogP contribution is -3.00. The molecule has 1 atom stereocenters. The Morgan fingerprint density at radius 2 is 1.94 bits per heavy atom. The number of nitrogens with zero attached hydrogens (tertiary/aromatic N) is 2. The van der Waals surface area contributed by atoms with Crippen LogP contribution >= 0.6 is 11.8 Å². The van der Waals surface area contributed by atoms with Crippen LogP contribution in [-0.4, -0.2) is 26.8 Å². The second kappa shape index (κ2) is 10.5. The number of carbonyl (C=O) groups is 1. The van der Waals surface area contributed by atoms with Crippen LogP contribution in [0, 0.1) is 0 Å². The average molecular weight is 457 g/mol. The first-order valence-electron chi connectivity index (χ1n) is 9.78. The third kappa shape index (κ3) is 5.46. The summed E-state index contributed by atoms with van der Waals surface area (Å²) in [6.07, 6.45) is 3.38. The number of benzene rings is 2. The van der Waals surface area contributed by atoms with Crippen LogP contribution in [0.15, 0.2) is 64.4 Å². The maximum Gasteiger partial charge on any atom is 0.277 e. The molecule has 2 heterocycles. The average Bonchev–Trinajstić information content (AvgIpc) is 3.40. The van der Waals surface area contributed by atoms with Crippen LogP contribution in [0.3, 0.4) is 0 Å². The maximum absolute atomic E-state index is 12.3. The molecule has 0 saturated heterocycles. The van der Waals surface area contributed by atoms with Gasteiger partial charge in [0.1, 0.15) is 0 Å². The minimum atomic E-state index is -0.420. The number of hydrogen-bond donors (Lipinski definition) is 3. The monoisotopic (exact) mass is 456 g/mol. The molecule has 0 saturated carbocycles. The van der Waals surface area contributed by atoms with Crippen LogP contribution in [0.1, 0.15) is 30.0 Å². The van der Waals surface area contributed by atoms with Gasteiger partial charge >= 0.3 is 0 Å². The number of amides is 1. The zero-order chi connectivity index (χ0) is 20.9. The SMILES string of the molecule is CCc1ccccc1NC(=O)CSc1nnc([C@@H](N)Cc2c[nH]c3ccccc23)o1.[Cl-]. The van der Waals surface area contributed by atoms with E-state index < -0.39 is 6.04 Å². The third-order valence-corrected chi connectivity index (χ3v) is 5.67. The van der Waals surface area contributed by atoms with Crippen molar-refractivity contribution < 1.29 is 21.6 Å². The van der Waals surface area contributed by atoms with E-state index >= 15 is 0 Å². The van der Waals surface area contributed by atoms with Crippen LogP contribution in [0.25, 0.3) is 10.9 Å². The number of nitrogens with one attached hydrogen (secondary N) is 2. The number of nitrogens with two attached hydrogens (primary N) is 1. The number of fused-ring (bicyclic) bond motifs is 1. The van der Waals surface area contributed by atoms with Gasteiger partial charge in [-0.25, -0.2) is 0 Å². The molecule has 4 aromatic rings. The van der Waals surface area contributed by atoms with E-state index in [1.807, 2.05) is 48.7 Å². The minimum Gasteiger partial charge on any atom is -1.00 e. The quantitative estimate of drug-likeness (QED) is 0.342. The molecule has 4 rings (SSSR count). The molecule has 0 bridgehead atoms. The van der Waals surface area contributed by atoms with Gasteiger partial charge in [-0.15, -0.1) is 10.2 Å². The summed E-state index contributed by atoms with van der Waals surface area (Å²) in [6.45, 7) is 2.05. The first kappa shape index (κ1) is 22.9. The Labute approximate surface area is 190 Å². The van der Waals surface area contributed by atoms with Crippen LogP contribution in [0.5, 0.6) is 0 Å². The van der Waals surface area contributed by atoms with Crippen molar-refractivity contribution >= 4 is 34.3 Å². The highest BCUT2D eigenvalue weighted by atomic mass is 35.5. The summed E-state index contributed by atoms with van der Waals surface area (Å²) in [5, 5.41) is 12.5. The number of halogens is 1. The zero-order valence-electron chi connectivity index (χ0n) is 17.0. The van der Waals surface area contributed by atoms with E-state index in [0.717, 1.165) is 34.1 Å².